The van der Waals surface area contributed by atoms with E-state index in [-0.39, 0.29) is 17.2 Å². The van der Waals surface area contributed by atoms with Crippen molar-refractivity contribution in [2.24, 2.45) is 0 Å². The maximum absolute atomic E-state index is 12.9. The number of aryl methyl sites for hydroxylation is 1. The minimum Gasteiger partial charge on any atom is -0.495 e. The number of carbonyl (C=O) groups is 2. The van der Waals surface area contributed by atoms with E-state index < -0.39 is 0 Å². The first kappa shape index (κ1) is 27.1. The Kier molecular flexibility index (Phi) is 11.0. The van der Waals surface area contributed by atoms with Crippen LogP contribution in [0.1, 0.15) is 87.6 Å². The largest absolute Gasteiger partial charge is 0.495 e. The second kappa shape index (κ2) is 14.2. The molecule has 2 aromatic carbocycles. The van der Waals surface area contributed by atoms with Crippen molar-refractivity contribution in [3.63, 3.8) is 0 Å². The summed E-state index contributed by atoms with van der Waals surface area (Å²) in [7, 11) is 1.62. The zero-order chi connectivity index (χ0) is 25.0. The zero-order valence-electron chi connectivity index (χ0n) is 21.5. The Morgan fingerprint density at radius 2 is 1.71 bits per heavy atom. The fraction of sp³-hybridized carbons (Fsp3) is 0.517. The molecule has 1 atom stereocenters. The van der Waals surface area contributed by atoms with Crippen LogP contribution in [-0.2, 0) is 9.59 Å². The standard InChI is InChI=1S/C29H40N2O3S/c1-4-5-6-7-8-9-10-11-12-17-27(32)30-24-16-14-13-15-23(24)29-31(28(33)21-35-29)25-20-22(2)18-19-26(25)34-3/h13-16,18-20,29H,4-12,17,21H2,1-3H3,(H,30,32). The number of hydrogen-bond acceptors (Lipinski definition) is 4. The normalized spacial score (nSPS) is 15.5. The monoisotopic (exact) mass is 496 g/mol. The number of hydrogen-bond donors (Lipinski definition) is 1. The molecule has 0 radical (unpaired) electrons. The van der Waals surface area contributed by atoms with Gasteiger partial charge >= 0.3 is 0 Å². The summed E-state index contributed by atoms with van der Waals surface area (Å²) in [6.07, 6.45) is 11.6. The first-order valence-electron chi connectivity index (χ1n) is 13.0. The molecule has 0 spiro atoms. The van der Waals surface area contributed by atoms with Gasteiger partial charge in [0.25, 0.3) is 0 Å². The van der Waals surface area contributed by atoms with Gasteiger partial charge in [0, 0.05) is 17.7 Å². The van der Waals surface area contributed by atoms with Crippen molar-refractivity contribution in [1.82, 2.24) is 0 Å². The number of anilines is 2. The molecule has 0 bridgehead atoms. The number of methoxy groups -OCH3 is 1. The smallest absolute Gasteiger partial charge is 0.238 e. The van der Waals surface area contributed by atoms with E-state index in [2.05, 4.69) is 12.2 Å². The number of ether oxygens (including phenoxy) is 1. The molecule has 0 aliphatic carbocycles. The van der Waals surface area contributed by atoms with Gasteiger partial charge in [-0.3, -0.25) is 14.5 Å². The molecule has 6 heteroatoms. The molecule has 1 fully saturated rings. The lowest BCUT2D eigenvalue weighted by Gasteiger charge is -2.27. The Bertz CT molecular complexity index is 978. The second-order valence-corrected chi connectivity index (χ2v) is 10.4. The van der Waals surface area contributed by atoms with Crippen LogP contribution in [0.25, 0.3) is 0 Å². The summed E-state index contributed by atoms with van der Waals surface area (Å²) >= 11 is 1.58. The van der Waals surface area contributed by atoms with E-state index in [1.54, 1.807) is 18.9 Å². The van der Waals surface area contributed by atoms with Crippen molar-refractivity contribution in [3.8, 4) is 5.75 Å². The van der Waals surface area contributed by atoms with E-state index in [0.29, 0.717) is 17.9 Å². The Hall–Kier alpha value is -2.47. The number of benzene rings is 2. The molecule has 1 unspecified atom stereocenters. The molecule has 1 aliphatic rings. The fourth-order valence-corrected chi connectivity index (χ4v) is 5.74. The van der Waals surface area contributed by atoms with Crippen LogP contribution < -0.4 is 15.0 Å². The Morgan fingerprint density at radius 3 is 2.43 bits per heavy atom. The van der Waals surface area contributed by atoms with Crippen molar-refractivity contribution >= 4 is 35.0 Å². The highest BCUT2D eigenvalue weighted by molar-refractivity contribution is 8.00. The molecule has 2 aromatic rings. The van der Waals surface area contributed by atoms with Gasteiger partial charge in [-0.05, 0) is 37.1 Å². The zero-order valence-corrected chi connectivity index (χ0v) is 22.3. The molecular weight excluding hydrogens is 456 g/mol. The maximum Gasteiger partial charge on any atom is 0.238 e. The predicted molar refractivity (Wildman–Crippen MR) is 147 cm³/mol. The number of amides is 2. The topological polar surface area (TPSA) is 58.6 Å². The molecular formula is C29H40N2O3S. The first-order valence-corrected chi connectivity index (χ1v) is 14.1. The number of unbranched alkanes of at least 4 members (excludes halogenated alkanes) is 8. The lowest BCUT2D eigenvalue weighted by atomic mass is 10.1. The summed E-state index contributed by atoms with van der Waals surface area (Å²) < 4.78 is 5.56. The van der Waals surface area contributed by atoms with Gasteiger partial charge in [0.2, 0.25) is 11.8 Å². The summed E-state index contributed by atoms with van der Waals surface area (Å²) in [6.45, 7) is 4.25. The molecule has 0 saturated carbocycles. The summed E-state index contributed by atoms with van der Waals surface area (Å²) in [5.74, 6) is 1.14. The van der Waals surface area contributed by atoms with Gasteiger partial charge in [-0.15, -0.1) is 11.8 Å². The molecule has 3 rings (SSSR count). The van der Waals surface area contributed by atoms with E-state index in [0.717, 1.165) is 35.3 Å². The van der Waals surface area contributed by atoms with Gasteiger partial charge in [-0.25, -0.2) is 0 Å². The molecule has 1 N–H and O–H groups in total. The highest BCUT2D eigenvalue weighted by atomic mass is 32.2. The Morgan fingerprint density at radius 1 is 1.03 bits per heavy atom. The summed E-state index contributed by atoms with van der Waals surface area (Å²) in [5, 5.41) is 2.90. The fourth-order valence-electron chi connectivity index (χ4n) is 4.54. The molecule has 1 saturated heterocycles. The second-order valence-electron chi connectivity index (χ2n) is 9.32. The van der Waals surface area contributed by atoms with Gasteiger partial charge < -0.3 is 10.1 Å². The molecule has 1 heterocycles. The van der Waals surface area contributed by atoms with Crippen LogP contribution in [0.3, 0.4) is 0 Å². The Labute approximate surface area is 215 Å². The van der Waals surface area contributed by atoms with E-state index in [4.69, 9.17) is 4.74 Å². The number of nitrogens with one attached hydrogen (secondary N) is 1. The predicted octanol–water partition coefficient (Wildman–Crippen LogP) is 7.64. The van der Waals surface area contributed by atoms with Gasteiger partial charge in [-0.2, -0.15) is 0 Å². The van der Waals surface area contributed by atoms with E-state index >= 15 is 0 Å². The summed E-state index contributed by atoms with van der Waals surface area (Å²) in [5.41, 5.74) is 3.54. The first-order chi connectivity index (χ1) is 17.0. The molecule has 5 nitrogen and oxygen atoms in total. The van der Waals surface area contributed by atoms with Crippen molar-refractivity contribution in [1.29, 1.82) is 0 Å². The van der Waals surface area contributed by atoms with Crippen LogP contribution in [0, 0.1) is 6.92 Å². The molecule has 2 amide bonds. The average molecular weight is 497 g/mol. The van der Waals surface area contributed by atoms with E-state index in [1.807, 2.05) is 54.3 Å². The van der Waals surface area contributed by atoms with Gasteiger partial charge in [0.05, 0.1) is 18.6 Å². The number of carbonyl (C=O) groups excluding carboxylic acids is 2. The van der Waals surface area contributed by atoms with Crippen molar-refractivity contribution in [2.75, 3.05) is 23.1 Å². The average Bonchev–Trinajstić information content (AvgIpc) is 3.24. The lowest BCUT2D eigenvalue weighted by Crippen LogP contribution is -2.29. The number of rotatable bonds is 14. The SMILES string of the molecule is CCCCCCCCCCCC(=O)Nc1ccccc1C1SCC(=O)N1c1cc(C)ccc1OC. The third-order valence-electron chi connectivity index (χ3n) is 6.47. The summed E-state index contributed by atoms with van der Waals surface area (Å²) in [4.78, 5) is 27.5. The van der Waals surface area contributed by atoms with Crippen molar-refractivity contribution < 1.29 is 14.3 Å². The quantitative estimate of drug-likeness (QED) is 0.273. The van der Waals surface area contributed by atoms with Gasteiger partial charge in [-0.1, -0.05) is 82.6 Å². The van der Waals surface area contributed by atoms with Crippen LogP contribution in [0.2, 0.25) is 0 Å². The van der Waals surface area contributed by atoms with Crippen LogP contribution in [-0.4, -0.2) is 24.7 Å². The Balaban J connectivity index is 1.60. The van der Waals surface area contributed by atoms with Crippen LogP contribution in [0.4, 0.5) is 11.4 Å². The van der Waals surface area contributed by atoms with Crippen LogP contribution in [0.5, 0.6) is 5.75 Å². The van der Waals surface area contributed by atoms with E-state index in [1.165, 1.54) is 44.9 Å². The number of thioether (sulfide) groups is 1. The highest BCUT2D eigenvalue weighted by Gasteiger charge is 2.37. The minimum absolute atomic E-state index is 0.0365. The number of para-hydroxylation sites is 1. The molecule has 35 heavy (non-hydrogen) atoms. The van der Waals surface area contributed by atoms with Crippen molar-refractivity contribution in [3.05, 3.63) is 53.6 Å². The van der Waals surface area contributed by atoms with Crippen LogP contribution in [0.15, 0.2) is 42.5 Å². The maximum atomic E-state index is 12.9. The summed E-state index contributed by atoms with van der Waals surface area (Å²) in [6, 6.07) is 13.7. The molecule has 0 aromatic heterocycles. The van der Waals surface area contributed by atoms with E-state index in [9.17, 15) is 9.59 Å². The highest BCUT2D eigenvalue weighted by Crippen LogP contribution is 2.46. The minimum atomic E-state index is -0.220. The molecule has 1 aliphatic heterocycles. The van der Waals surface area contributed by atoms with Crippen molar-refractivity contribution in [2.45, 2.75) is 83.4 Å². The molecule has 190 valence electrons. The number of nitrogens with zero attached hydrogens (tertiary/aromatic N) is 1. The third-order valence-corrected chi connectivity index (χ3v) is 7.66. The van der Waals surface area contributed by atoms with Gasteiger partial charge in [0.1, 0.15) is 11.1 Å². The third kappa shape index (κ3) is 7.76. The van der Waals surface area contributed by atoms with Crippen LogP contribution >= 0.6 is 11.8 Å². The lowest BCUT2D eigenvalue weighted by molar-refractivity contribution is -0.116. The van der Waals surface area contributed by atoms with Gasteiger partial charge in [0.15, 0.2) is 0 Å².